The number of hydrogen-bond acceptors (Lipinski definition) is 1. The molecule has 1 saturated heterocycles. The average molecular weight is 187 g/mol. The first-order chi connectivity index (χ1) is 6.86. The molecular weight excluding hydrogens is 174 g/mol. The van der Waals surface area contributed by atoms with Crippen molar-refractivity contribution in [1.29, 1.82) is 0 Å². The number of rotatable bonds is 0. The molecule has 2 heteroatoms. The Balaban J connectivity index is 2.04. The van der Waals surface area contributed by atoms with Gasteiger partial charge in [-0.15, -0.1) is 0 Å². The van der Waals surface area contributed by atoms with Crippen LogP contribution in [0.2, 0.25) is 0 Å². The average Bonchev–Trinajstić information content (AvgIpc) is 2.59. The third-order valence-electron chi connectivity index (χ3n) is 3.32. The van der Waals surface area contributed by atoms with Crippen molar-refractivity contribution in [3.05, 3.63) is 35.4 Å². The molecule has 0 bridgehead atoms. The summed E-state index contributed by atoms with van der Waals surface area (Å²) in [4.78, 5) is 13.7. The number of nitrogens with zero attached hydrogens (tertiary/aromatic N) is 1. The number of carbonyl (C=O) groups is 1. The predicted octanol–water partition coefficient (Wildman–Crippen LogP) is 2.25. The molecule has 0 spiro atoms. The van der Waals surface area contributed by atoms with Crippen molar-refractivity contribution in [3.63, 3.8) is 0 Å². The van der Waals surface area contributed by atoms with Gasteiger partial charge in [0.2, 0.25) is 5.91 Å². The molecule has 1 aromatic carbocycles. The zero-order chi connectivity index (χ0) is 9.54. The van der Waals surface area contributed by atoms with Crippen LogP contribution in [0, 0.1) is 0 Å². The molecule has 0 aromatic heterocycles. The zero-order valence-corrected chi connectivity index (χ0v) is 8.07. The zero-order valence-electron chi connectivity index (χ0n) is 8.07. The first-order valence-corrected chi connectivity index (χ1v) is 5.23. The fourth-order valence-corrected chi connectivity index (χ4v) is 2.63. The normalized spacial score (nSPS) is 24.7. The maximum atomic E-state index is 11.7. The molecule has 1 fully saturated rings. The van der Waals surface area contributed by atoms with Gasteiger partial charge in [-0.3, -0.25) is 4.79 Å². The van der Waals surface area contributed by atoms with Crippen LogP contribution in [-0.4, -0.2) is 10.8 Å². The Bertz CT molecular complexity index is 386. The Morgan fingerprint density at radius 2 is 2.14 bits per heavy atom. The minimum Gasteiger partial charge on any atom is -0.331 e. The second kappa shape index (κ2) is 2.84. The van der Waals surface area contributed by atoms with E-state index in [1.165, 1.54) is 11.1 Å². The summed E-state index contributed by atoms with van der Waals surface area (Å²) in [5.41, 5.74) is 2.72. The fourth-order valence-electron chi connectivity index (χ4n) is 2.63. The lowest BCUT2D eigenvalue weighted by Gasteiger charge is -2.29. The summed E-state index contributed by atoms with van der Waals surface area (Å²) >= 11 is 0. The summed E-state index contributed by atoms with van der Waals surface area (Å²) in [6.07, 6.45) is 2.93. The maximum Gasteiger partial charge on any atom is 0.223 e. The molecule has 72 valence electrons. The van der Waals surface area contributed by atoms with E-state index in [1.807, 2.05) is 4.90 Å². The highest BCUT2D eigenvalue weighted by Crippen LogP contribution is 2.39. The summed E-state index contributed by atoms with van der Waals surface area (Å²) in [6.45, 7) is 0.833. The lowest BCUT2D eigenvalue weighted by molar-refractivity contribution is -0.136. The molecule has 0 radical (unpaired) electrons. The van der Waals surface area contributed by atoms with E-state index in [-0.39, 0.29) is 0 Å². The van der Waals surface area contributed by atoms with Crippen molar-refractivity contribution >= 4 is 5.91 Å². The van der Waals surface area contributed by atoms with Gasteiger partial charge >= 0.3 is 0 Å². The molecule has 1 aromatic rings. The summed E-state index contributed by atoms with van der Waals surface area (Å²) in [5, 5.41) is 0. The van der Waals surface area contributed by atoms with Gasteiger partial charge in [0.25, 0.3) is 0 Å². The van der Waals surface area contributed by atoms with Gasteiger partial charge in [-0.1, -0.05) is 24.3 Å². The summed E-state index contributed by atoms with van der Waals surface area (Å²) in [6, 6.07) is 8.82. The van der Waals surface area contributed by atoms with Gasteiger partial charge in [0.05, 0.1) is 6.04 Å². The Kier molecular flexibility index (Phi) is 1.63. The molecule has 0 N–H and O–H groups in total. The van der Waals surface area contributed by atoms with Crippen molar-refractivity contribution in [2.24, 2.45) is 0 Å². The largest absolute Gasteiger partial charge is 0.331 e. The number of amides is 1. The molecule has 2 heterocycles. The Hall–Kier alpha value is -1.31. The standard InChI is InChI=1S/C12H13NO/c14-12-7-3-6-11-10-5-2-1-4-9(10)8-13(11)12/h1-2,4-5,11H,3,6-8H2. The number of piperidine rings is 1. The van der Waals surface area contributed by atoms with Crippen LogP contribution >= 0.6 is 0 Å². The van der Waals surface area contributed by atoms with E-state index < -0.39 is 0 Å². The second-order valence-electron chi connectivity index (χ2n) is 4.13. The van der Waals surface area contributed by atoms with Crippen LogP contribution in [0.3, 0.4) is 0 Å². The Morgan fingerprint density at radius 1 is 1.29 bits per heavy atom. The monoisotopic (exact) mass is 187 g/mol. The highest BCUT2D eigenvalue weighted by molar-refractivity contribution is 5.78. The van der Waals surface area contributed by atoms with Crippen LogP contribution in [0.4, 0.5) is 0 Å². The molecule has 14 heavy (non-hydrogen) atoms. The third kappa shape index (κ3) is 0.999. The van der Waals surface area contributed by atoms with Gasteiger partial charge in [0.1, 0.15) is 0 Å². The van der Waals surface area contributed by atoms with E-state index in [4.69, 9.17) is 0 Å². The van der Waals surface area contributed by atoms with Crippen molar-refractivity contribution < 1.29 is 4.79 Å². The van der Waals surface area contributed by atoms with Gasteiger partial charge in [-0.05, 0) is 24.0 Å². The number of benzene rings is 1. The van der Waals surface area contributed by atoms with Gasteiger partial charge in [0.15, 0.2) is 0 Å². The minimum atomic E-state index is 0.331. The van der Waals surface area contributed by atoms with E-state index in [2.05, 4.69) is 24.3 Å². The molecule has 3 rings (SSSR count). The van der Waals surface area contributed by atoms with Crippen LogP contribution in [-0.2, 0) is 11.3 Å². The first-order valence-electron chi connectivity index (χ1n) is 5.23. The van der Waals surface area contributed by atoms with Crippen LogP contribution in [0.25, 0.3) is 0 Å². The number of fused-ring (bicyclic) bond motifs is 3. The summed E-state index contributed by atoms with van der Waals surface area (Å²) in [5.74, 6) is 0.331. The highest BCUT2D eigenvalue weighted by atomic mass is 16.2. The Labute approximate surface area is 83.5 Å². The topological polar surface area (TPSA) is 20.3 Å². The number of carbonyl (C=O) groups excluding carboxylic acids is 1. The maximum absolute atomic E-state index is 11.7. The number of hydrogen-bond donors (Lipinski definition) is 0. The lowest BCUT2D eigenvalue weighted by Crippen LogP contribution is -2.32. The second-order valence-corrected chi connectivity index (χ2v) is 4.13. The molecule has 2 nitrogen and oxygen atoms in total. The SMILES string of the molecule is O=C1CCCC2c3ccccc3CN12. The van der Waals surface area contributed by atoms with Gasteiger partial charge < -0.3 is 4.90 Å². The van der Waals surface area contributed by atoms with Crippen molar-refractivity contribution in [3.8, 4) is 0 Å². The first kappa shape index (κ1) is 8.04. The van der Waals surface area contributed by atoms with E-state index in [0.717, 1.165) is 25.8 Å². The Morgan fingerprint density at radius 3 is 3.07 bits per heavy atom. The molecule has 1 unspecified atom stereocenters. The van der Waals surface area contributed by atoms with E-state index in [9.17, 15) is 4.79 Å². The molecule has 0 aliphatic carbocycles. The van der Waals surface area contributed by atoms with Crippen molar-refractivity contribution in [1.82, 2.24) is 4.90 Å². The predicted molar refractivity (Wildman–Crippen MR) is 53.6 cm³/mol. The molecule has 1 atom stereocenters. The minimum absolute atomic E-state index is 0.331. The smallest absolute Gasteiger partial charge is 0.223 e. The molecule has 2 aliphatic rings. The van der Waals surface area contributed by atoms with Gasteiger partial charge in [-0.25, -0.2) is 0 Å². The molecule has 0 saturated carbocycles. The highest BCUT2D eigenvalue weighted by Gasteiger charge is 2.35. The van der Waals surface area contributed by atoms with Gasteiger partial charge in [0, 0.05) is 13.0 Å². The van der Waals surface area contributed by atoms with Gasteiger partial charge in [-0.2, -0.15) is 0 Å². The van der Waals surface area contributed by atoms with Crippen molar-refractivity contribution in [2.75, 3.05) is 0 Å². The van der Waals surface area contributed by atoms with Crippen LogP contribution in [0.15, 0.2) is 24.3 Å². The summed E-state index contributed by atoms with van der Waals surface area (Å²) in [7, 11) is 0. The fraction of sp³-hybridized carbons (Fsp3) is 0.417. The van der Waals surface area contributed by atoms with Crippen LogP contribution in [0.5, 0.6) is 0 Å². The lowest BCUT2D eigenvalue weighted by atomic mass is 9.97. The van der Waals surface area contributed by atoms with Crippen LogP contribution < -0.4 is 0 Å². The molecular formula is C12H13NO. The van der Waals surface area contributed by atoms with E-state index in [0.29, 0.717) is 11.9 Å². The van der Waals surface area contributed by atoms with Crippen LogP contribution in [0.1, 0.15) is 36.4 Å². The molecule has 2 aliphatic heterocycles. The quantitative estimate of drug-likeness (QED) is 0.610. The summed E-state index contributed by atoms with van der Waals surface area (Å²) < 4.78 is 0. The molecule has 1 amide bonds. The third-order valence-corrected chi connectivity index (χ3v) is 3.32. The van der Waals surface area contributed by atoms with Crippen molar-refractivity contribution in [2.45, 2.75) is 31.8 Å². The van der Waals surface area contributed by atoms with E-state index in [1.54, 1.807) is 0 Å². The van der Waals surface area contributed by atoms with E-state index >= 15 is 0 Å².